The van der Waals surface area contributed by atoms with Crippen molar-refractivity contribution in [3.8, 4) is 11.6 Å². The molecule has 0 unspecified atom stereocenters. The molecule has 2 aromatic carbocycles. The first kappa shape index (κ1) is 56.0. The van der Waals surface area contributed by atoms with Gasteiger partial charge < -0.3 is 30.7 Å². The molecule has 6 aromatic rings. The Kier molecular flexibility index (Phi) is 17.2. The predicted molar refractivity (Wildman–Crippen MR) is 269 cm³/mol. The van der Waals surface area contributed by atoms with Crippen molar-refractivity contribution in [2.45, 2.75) is 90.7 Å². The maximum absolute atomic E-state index is 12.9. The quantitative estimate of drug-likeness (QED) is 0.0470. The molecule has 0 saturated heterocycles. The number of amides is 2. The third kappa shape index (κ3) is 14.7. The van der Waals surface area contributed by atoms with E-state index < -0.39 is 35.7 Å². The molecule has 2 amide bonds. The van der Waals surface area contributed by atoms with Crippen LogP contribution < -0.4 is 21.3 Å². The zero-order chi connectivity index (χ0) is 55.0. The van der Waals surface area contributed by atoms with Crippen LogP contribution in [0.4, 0.5) is 37.7 Å². The van der Waals surface area contributed by atoms with Gasteiger partial charge in [-0.3, -0.25) is 28.3 Å². The number of nitrogens with one attached hydrogen (secondary N) is 4. The molecule has 16 nitrogen and oxygen atoms in total. The molecule has 0 spiro atoms. The fourth-order valence-electron chi connectivity index (χ4n) is 9.58. The molecule has 4 heterocycles. The van der Waals surface area contributed by atoms with Gasteiger partial charge in [-0.2, -0.15) is 26.3 Å². The van der Waals surface area contributed by atoms with Crippen LogP contribution >= 0.6 is 0 Å². The minimum absolute atomic E-state index is 0.0443. The minimum Gasteiger partial charge on any atom is -0.469 e. The summed E-state index contributed by atoms with van der Waals surface area (Å²) in [6.07, 6.45) is 2.38. The van der Waals surface area contributed by atoms with Crippen LogP contribution in [0.3, 0.4) is 0 Å². The fourth-order valence-corrected chi connectivity index (χ4v) is 9.58. The third-order valence-electron chi connectivity index (χ3n) is 13.4. The molecule has 2 aliphatic rings. The van der Waals surface area contributed by atoms with Gasteiger partial charge in [-0.1, -0.05) is 52.0 Å². The van der Waals surface area contributed by atoms with E-state index in [-0.39, 0.29) is 60.7 Å². The van der Waals surface area contributed by atoms with Crippen LogP contribution in [-0.2, 0) is 31.4 Å². The van der Waals surface area contributed by atoms with Crippen LogP contribution in [0.15, 0.2) is 110 Å². The van der Waals surface area contributed by atoms with Crippen molar-refractivity contribution in [2.75, 3.05) is 37.9 Å². The lowest BCUT2D eigenvalue weighted by atomic mass is 9.61. The number of carbonyl (C=O) groups excluding carboxylic acids is 4. The number of anilines is 2. The summed E-state index contributed by atoms with van der Waals surface area (Å²) in [6, 6.07) is 21.4. The Bertz CT molecular complexity index is 2720. The van der Waals surface area contributed by atoms with Crippen LogP contribution in [0.25, 0.3) is 11.6 Å². The first-order valence-corrected chi connectivity index (χ1v) is 24.5. The van der Waals surface area contributed by atoms with Crippen molar-refractivity contribution in [1.82, 2.24) is 39.7 Å². The lowest BCUT2D eigenvalue weighted by Crippen LogP contribution is -2.38. The van der Waals surface area contributed by atoms with Crippen molar-refractivity contribution in [1.29, 1.82) is 0 Å². The molecule has 404 valence electrons. The predicted octanol–water partition coefficient (Wildman–Crippen LogP) is 10.3. The normalized spacial score (nSPS) is 15.8. The maximum Gasteiger partial charge on any atom is 0.434 e. The summed E-state index contributed by atoms with van der Waals surface area (Å²) in [5.74, 6) is 0.0169. The smallest absolute Gasteiger partial charge is 0.434 e. The second-order valence-electron chi connectivity index (χ2n) is 20.5. The molecule has 8 rings (SSSR count). The van der Waals surface area contributed by atoms with E-state index in [4.69, 9.17) is 0 Å². The van der Waals surface area contributed by atoms with Gasteiger partial charge in [0.1, 0.15) is 24.3 Å². The van der Waals surface area contributed by atoms with Crippen molar-refractivity contribution >= 4 is 35.1 Å². The van der Waals surface area contributed by atoms with E-state index in [1.807, 2.05) is 24.3 Å². The van der Waals surface area contributed by atoms with Gasteiger partial charge in [0, 0.05) is 36.6 Å². The number of aromatic nitrogens is 6. The van der Waals surface area contributed by atoms with E-state index >= 15 is 0 Å². The number of esters is 2. The molecule has 2 fully saturated rings. The Morgan fingerprint density at radius 2 is 0.921 bits per heavy atom. The summed E-state index contributed by atoms with van der Waals surface area (Å²) in [6.45, 7) is 9.26. The number of nitrogens with zero attached hydrogens (tertiary/aromatic N) is 6. The summed E-state index contributed by atoms with van der Waals surface area (Å²) in [7, 11) is 2.60. The molecule has 0 radical (unpaired) electrons. The van der Waals surface area contributed by atoms with Gasteiger partial charge in [-0.25, -0.2) is 19.9 Å². The van der Waals surface area contributed by atoms with Gasteiger partial charge in [0.2, 0.25) is 0 Å². The highest BCUT2D eigenvalue weighted by molar-refractivity contribution is 5.95. The molecule has 2 saturated carbocycles. The molecule has 2 atom stereocenters. The summed E-state index contributed by atoms with van der Waals surface area (Å²) in [4.78, 5) is 62.8. The molecule has 0 aliphatic heterocycles. The summed E-state index contributed by atoms with van der Waals surface area (Å²) in [5, 5.41) is 12.5. The molecule has 2 aliphatic carbocycles. The van der Waals surface area contributed by atoms with Gasteiger partial charge in [-0.05, 0) is 108 Å². The average Bonchev–Trinajstić information content (AvgIpc) is 4.09. The Hall–Kier alpha value is -7.78. The van der Waals surface area contributed by atoms with E-state index in [1.165, 1.54) is 23.4 Å². The van der Waals surface area contributed by atoms with Gasteiger partial charge in [0.15, 0.2) is 11.4 Å². The van der Waals surface area contributed by atoms with Gasteiger partial charge in [-0.15, -0.1) is 0 Å². The van der Waals surface area contributed by atoms with Gasteiger partial charge in [0.05, 0.1) is 62.9 Å². The van der Waals surface area contributed by atoms with E-state index in [0.29, 0.717) is 34.6 Å². The summed E-state index contributed by atoms with van der Waals surface area (Å²) in [5.41, 5.74) is 2.95. The van der Waals surface area contributed by atoms with Crippen molar-refractivity contribution in [2.24, 2.45) is 22.7 Å². The second-order valence-corrected chi connectivity index (χ2v) is 20.5. The molecule has 22 heteroatoms. The average molecular weight is 1060 g/mol. The zero-order valence-corrected chi connectivity index (χ0v) is 42.8. The van der Waals surface area contributed by atoms with E-state index in [2.05, 4.69) is 78.4 Å². The zero-order valence-electron chi connectivity index (χ0n) is 42.8. The number of hydrogen-bond donors (Lipinski definition) is 4. The van der Waals surface area contributed by atoms with E-state index in [9.17, 15) is 45.5 Å². The molecular weight excluding hydrogens is 999 g/mol. The summed E-state index contributed by atoms with van der Waals surface area (Å²) >= 11 is 0. The Morgan fingerprint density at radius 3 is 1.20 bits per heavy atom. The number of benzene rings is 2. The fraction of sp³-hybridized carbons (Fsp3) is 0.407. The number of halogens is 6. The molecule has 4 aromatic heterocycles. The van der Waals surface area contributed by atoms with Crippen molar-refractivity contribution in [3.63, 3.8) is 0 Å². The van der Waals surface area contributed by atoms with Crippen molar-refractivity contribution in [3.05, 3.63) is 144 Å². The van der Waals surface area contributed by atoms with E-state index in [0.717, 1.165) is 73.2 Å². The van der Waals surface area contributed by atoms with Crippen LogP contribution in [0.5, 0.6) is 0 Å². The molecule has 4 N–H and O–H groups in total. The Labute approximate surface area is 435 Å². The maximum atomic E-state index is 12.9. The number of rotatable bonds is 18. The largest absolute Gasteiger partial charge is 0.469 e. The summed E-state index contributed by atoms with van der Waals surface area (Å²) < 4.78 is 88.9. The van der Waals surface area contributed by atoms with E-state index in [1.54, 1.807) is 60.9 Å². The highest BCUT2D eigenvalue weighted by Crippen LogP contribution is 2.52. The number of carbonyl (C=O) groups is 4. The first-order chi connectivity index (χ1) is 35.9. The number of methoxy groups -OCH3 is 2. The SMILES string of the molecule is COC(=O)CCNC(=O)c1ccc([C@@H](Nc2ccc(-n3cnc(C(F)(F)F)c3)nc2)C2CC(C)(C)C2)cc1.COC(=O)CCNC(=O)c1ccc([C@H](Nc2ccc(-n3cnc(C(F)(F)F)c3)nc2)C2CC(C)(C)C2)cc1. The number of ether oxygens (including phenoxy) is 2. The first-order valence-electron chi connectivity index (χ1n) is 24.5. The van der Waals surface area contributed by atoms with Gasteiger partial charge >= 0.3 is 24.3 Å². The Morgan fingerprint density at radius 1 is 0.566 bits per heavy atom. The monoisotopic (exact) mass is 1060 g/mol. The van der Waals surface area contributed by atoms with Crippen LogP contribution in [0.2, 0.25) is 0 Å². The van der Waals surface area contributed by atoms with Crippen LogP contribution in [-0.4, -0.2) is 80.1 Å². The highest BCUT2D eigenvalue weighted by atomic mass is 19.4. The topological polar surface area (TPSA) is 196 Å². The third-order valence-corrected chi connectivity index (χ3v) is 13.4. The van der Waals surface area contributed by atoms with Gasteiger partial charge in [0.25, 0.3) is 11.8 Å². The van der Waals surface area contributed by atoms with Crippen LogP contribution in [0, 0.1) is 22.7 Å². The lowest BCUT2D eigenvalue weighted by Gasteiger charge is -2.47. The standard InChI is InChI=1S/2C27H30F3N5O3/c2*1-26(2)12-19(13-26)24(17-4-6-18(7-5-17)25(37)31-11-10-23(36)38-3)34-20-8-9-22(32-14-20)35-15-21(33-16-35)27(28,29)30/h2*4-9,14-16,19,24,34H,10-13H2,1-3H3,(H,31,37)/t2*24-/m10/s1. The number of hydrogen-bond acceptors (Lipinski definition) is 12. The second kappa shape index (κ2) is 23.4. The minimum atomic E-state index is -4.52. The van der Waals surface area contributed by atoms with Crippen molar-refractivity contribution < 1.29 is 55.0 Å². The molecule has 0 bridgehead atoms. The van der Waals surface area contributed by atoms with Crippen LogP contribution in [0.1, 0.15) is 122 Å². The molecular formula is C54H60F6N10O6. The number of imidazole rings is 2. The Balaban J connectivity index is 0.000000221. The number of alkyl halides is 6. The number of pyridine rings is 2. The molecule has 76 heavy (non-hydrogen) atoms. The highest BCUT2D eigenvalue weighted by Gasteiger charge is 2.42. The lowest BCUT2D eigenvalue weighted by molar-refractivity contribution is -0.141.